The van der Waals surface area contributed by atoms with Crippen LogP contribution in [-0.2, 0) is 23.9 Å². The predicted molar refractivity (Wildman–Crippen MR) is 157 cm³/mol. The Hall–Kier alpha value is -3.10. The Kier molecular flexibility index (Phi) is 14.7. The van der Waals surface area contributed by atoms with Gasteiger partial charge in [0.25, 0.3) is 0 Å². The SMILES string of the molecule is CCCCCN(C(=O)C(NC(=O)OC(C)(C)C)C(C)CC)C(C(=O)NCCC(=O)OCC)c1c(C)cccc1C. The standard InChI is InChI=1S/C31H51N3O6/c1-10-13-14-20-34(29(37)26(21(4)11-2)33-30(38)40-31(7,8)9)27(25-22(5)16-15-17-23(25)6)28(36)32-19-18-24(35)39-12-3/h15-17,21,26-27H,10-14,18-20H2,1-9H3,(H,32,36)(H,33,38). The number of alkyl carbamates (subject to hydrolysis) is 1. The van der Waals surface area contributed by atoms with Crippen LogP contribution in [0, 0.1) is 19.8 Å². The molecule has 0 heterocycles. The molecular formula is C31H51N3O6. The van der Waals surface area contributed by atoms with Crippen LogP contribution in [0.5, 0.6) is 0 Å². The summed E-state index contributed by atoms with van der Waals surface area (Å²) in [7, 11) is 0. The van der Waals surface area contributed by atoms with E-state index in [4.69, 9.17) is 9.47 Å². The fourth-order valence-electron chi connectivity index (χ4n) is 4.50. The summed E-state index contributed by atoms with van der Waals surface area (Å²) < 4.78 is 10.5. The number of carbonyl (C=O) groups excluding carboxylic acids is 4. The molecule has 1 aromatic rings. The van der Waals surface area contributed by atoms with Crippen molar-refractivity contribution in [2.45, 2.75) is 112 Å². The fourth-order valence-corrected chi connectivity index (χ4v) is 4.50. The van der Waals surface area contributed by atoms with Crippen molar-refractivity contribution in [2.24, 2.45) is 5.92 Å². The largest absolute Gasteiger partial charge is 0.466 e. The van der Waals surface area contributed by atoms with E-state index >= 15 is 0 Å². The summed E-state index contributed by atoms with van der Waals surface area (Å²) in [5, 5.41) is 5.66. The molecule has 1 aromatic carbocycles. The van der Waals surface area contributed by atoms with Crippen LogP contribution in [0.25, 0.3) is 0 Å². The molecule has 0 bridgehead atoms. The van der Waals surface area contributed by atoms with Gasteiger partial charge in [-0.25, -0.2) is 4.79 Å². The molecule has 9 heteroatoms. The van der Waals surface area contributed by atoms with Gasteiger partial charge in [0, 0.05) is 13.1 Å². The first-order chi connectivity index (χ1) is 18.8. The lowest BCUT2D eigenvalue weighted by atomic mass is 9.91. The molecule has 0 aromatic heterocycles. The van der Waals surface area contributed by atoms with Crippen LogP contribution < -0.4 is 10.6 Å². The smallest absolute Gasteiger partial charge is 0.408 e. The molecule has 3 atom stereocenters. The van der Waals surface area contributed by atoms with E-state index in [0.29, 0.717) is 19.4 Å². The van der Waals surface area contributed by atoms with Crippen LogP contribution in [0.4, 0.5) is 4.79 Å². The third-order valence-electron chi connectivity index (χ3n) is 6.75. The van der Waals surface area contributed by atoms with Gasteiger partial charge in [-0.1, -0.05) is 58.2 Å². The van der Waals surface area contributed by atoms with Gasteiger partial charge < -0.3 is 25.0 Å². The average molecular weight is 562 g/mol. The molecule has 0 aliphatic carbocycles. The highest BCUT2D eigenvalue weighted by molar-refractivity contribution is 5.93. The van der Waals surface area contributed by atoms with Crippen molar-refractivity contribution >= 4 is 23.9 Å². The van der Waals surface area contributed by atoms with Crippen molar-refractivity contribution in [3.8, 4) is 0 Å². The highest BCUT2D eigenvalue weighted by atomic mass is 16.6. The van der Waals surface area contributed by atoms with Crippen LogP contribution in [0.2, 0.25) is 0 Å². The number of amides is 3. The van der Waals surface area contributed by atoms with E-state index in [2.05, 4.69) is 17.6 Å². The summed E-state index contributed by atoms with van der Waals surface area (Å²) in [5.74, 6) is -1.34. The second kappa shape index (κ2) is 16.9. The van der Waals surface area contributed by atoms with Crippen LogP contribution in [-0.4, -0.2) is 60.1 Å². The van der Waals surface area contributed by atoms with Crippen LogP contribution in [0.15, 0.2) is 18.2 Å². The molecule has 0 saturated heterocycles. The van der Waals surface area contributed by atoms with Crippen LogP contribution >= 0.6 is 0 Å². The van der Waals surface area contributed by atoms with Crippen molar-refractivity contribution in [2.75, 3.05) is 19.7 Å². The van der Waals surface area contributed by atoms with E-state index in [1.54, 1.807) is 32.6 Å². The minimum atomic E-state index is -0.945. The Labute approximate surface area is 240 Å². The van der Waals surface area contributed by atoms with Crippen molar-refractivity contribution in [1.82, 2.24) is 15.5 Å². The third kappa shape index (κ3) is 11.2. The topological polar surface area (TPSA) is 114 Å². The van der Waals surface area contributed by atoms with Gasteiger partial charge in [-0.3, -0.25) is 14.4 Å². The maximum absolute atomic E-state index is 14.3. The van der Waals surface area contributed by atoms with E-state index in [1.807, 2.05) is 45.9 Å². The van der Waals surface area contributed by atoms with E-state index < -0.39 is 29.7 Å². The minimum Gasteiger partial charge on any atom is -0.466 e. The van der Waals surface area contributed by atoms with Crippen LogP contribution in [0.1, 0.15) is 103 Å². The number of benzene rings is 1. The zero-order valence-corrected chi connectivity index (χ0v) is 26.0. The second-order valence-corrected chi connectivity index (χ2v) is 11.3. The molecular weight excluding hydrogens is 510 g/mol. The third-order valence-corrected chi connectivity index (χ3v) is 6.75. The highest BCUT2D eigenvalue weighted by Crippen LogP contribution is 2.30. The van der Waals surface area contributed by atoms with E-state index in [9.17, 15) is 19.2 Å². The maximum atomic E-state index is 14.3. The molecule has 40 heavy (non-hydrogen) atoms. The molecule has 9 nitrogen and oxygen atoms in total. The van der Waals surface area contributed by atoms with Crippen molar-refractivity contribution < 1.29 is 28.7 Å². The van der Waals surface area contributed by atoms with Gasteiger partial charge in [0.1, 0.15) is 17.7 Å². The first kappa shape index (κ1) is 34.9. The lowest BCUT2D eigenvalue weighted by molar-refractivity contribution is -0.145. The minimum absolute atomic E-state index is 0.0263. The number of ether oxygens (including phenoxy) is 2. The lowest BCUT2D eigenvalue weighted by Gasteiger charge is -2.37. The lowest BCUT2D eigenvalue weighted by Crippen LogP contribution is -2.55. The van der Waals surface area contributed by atoms with Gasteiger partial charge in [0.05, 0.1) is 13.0 Å². The Morgan fingerprint density at radius 3 is 2.15 bits per heavy atom. The molecule has 0 radical (unpaired) electrons. The second-order valence-electron chi connectivity index (χ2n) is 11.3. The monoisotopic (exact) mass is 561 g/mol. The fraction of sp³-hybridized carbons (Fsp3) is 0.677. The van der Waals surface area contributed by atoms with Gasteiger partial charge >= 0.3 is 12.1 Å². The number of rotatable bonds is 15. The van der Waals surface area contributed by atoms with Crippen LogP contribution in [0.3, 0.4) is 0 Å². The van der Waals surface area contributed by atoms with E-state index in [-0.39, 0.29) is 37.3 Å². The van der Waals surface area contributed by atoms with Gasteiger partial charge in [-0.15, -0.1) is 0 Å². The summed E-state index contributed by atoms with van der Waals surface area (Å²) in [5.41, 5.74) is 1.76. The van der Waals surface area contributed by atoms with Gasteiger partial charge in [0.15, 0.2) is 0 Å². The molecule has 1 rings (SSSR count). The summed E-state index contributed by atoms with van der Waals surface area (Å²) in [6.45, 7) is 17.5. The summed E-state index contributed by atoms with van der Waals surface area (Å²) >= 11 is 0. The van der Waals surface area contributed by atoms with E-state index in [1.165, 1.54) is 0 Å². The van der Waals surface area contributed by atoms with Gasteiger partial charge in [-0.05, 0) is 70.6 Å². The zero-order chi connectivity index (χ0) is 30.5. The Morgan fingerprint density at radius 1 is 1.00 bits per heavy atom. The molecule has 3 amide bonds. The molecule has 0 saturated carbocycles. The first-order valence-electron chi connectivity index (χ1n) is 14.6. The number of unbranched alkanes of at least 4 members (excludes halogenated alkanes) is 2. The summed E-state index contributed by atoms with van der Waals surface area (Å²) in [6.07, 6.45) is 2.49. The Balaban J connectivity index is 3.55. The van der Waals surface area contributed by atoms with Crippen molar-refractivity contribution in [1.29, 1.82) is 0 Å². The van der Waals surface area contributed by atoms with Gasteiger partial charge in [0.2, 0.25) is 11.8 Å². The van der Waals surface area contributed by atoms with Crippen molar-refractivity contribution in [3.63, 3.8) is 0 Å². The normalized spacial score (nSPS) is 13.5. The number of nitrogens with one attached hydrogen (secondary N) is 2. The molecule has 0 fully saturated rings. The number of hydrogen-bond acceptors (Lipinski definition) is 6. The molecule has 3 unspecified atom stereocenters. The number of carbonyl (C=O) groups is 4. The summed E-state index contributed by atoms with van der Waals surface area (Å²) in [6, 6.07) is 3.92. The van der Waals surface area contributed by atoms with Crippen molar-refractivity contribution in [3.05, 3.63) is 34.9 Å². The first-order valence-corrected chi connectivity index (χ1v) is 14.6. The molecule has 226 valence electrons. The summed E-state index contributed by atoms with van der Waals surface area (Å²) in [4.78, 5) is 54.5. The predicted octanol–water partition coefficient (Wildman–Crippen LogP) is 5.37. The Bertz CT molecular complexity index is 968. The number of aryl methyl sites for hydroxylation is 2. The molecule has 0 aliphatic heterocycles. The molecule has 0 aliphatic rings. The zero-order valence-electron chi connectivity index (χ0n) is 26.0. The number of nitrogens with zero attached hydrogens (tertiary/aromatic N) is 1. The molecule has 0 spiro atoms. The maximum Gasteiger partial charge on any atom is 0.408 e. The quantitative estimate of drug-likeness (QED) is 0.220. The number of esters is 1. The number of hydrogen-bond donors (Lipinski definition) is 2. The average Bonchev–Trinajstić information content (AvgIpc) is 2.86. The Morgan fingerprint density at radius 2 is 1.62 bits per heavy atom. The van der Waals surface area contributed by atoms with Gasteiger partial charge in [-0.2, -0.15) is 0 Å². The highest BCUT2D eigenvalue weighted by Gasteiger charge is 2.38. The van der Waals surface area contributed by atoms with E-state index in [0.717, 1.165) is 29.5 Å². The molecule has 2 N–H and O–H groups in total.